The molecular formula is C21H25ClN2O5. The van der Waals surface area contributed by atoms with E-state index in [-0.39, 0.29) is 18.1 Å². The number of aliphatic hydroxyl groups is 1. The van der Waals surface area contributed by atoms with Crippen molar-refractivity contribution in [2.45, 2.75) is 51.4 Å². The van der Waals surface area contributed by atoms with Crippen LogP contribution in [0.3, 0.4) is 0 Å². The second kappa shape index (κ2) is 8.67. The number of hydrogen-bond acceptors (Lipinski definition) is 6. The van der Waals surface area contributed by atoms with Crippen molar-refractivity contribution in [1.82, 2.24) is 9.88 Å². The largest absolute Gasteiger partial charge is 0.489 e. The third kappa shape index (κ3) is 5.67. The van der Waals surface area contributed by atoms with E-state index in [1.54, 1.807) is 32.9 Å². The molecule has 0 radical (unpaired) electrons. The first kappa shape index (κ1) is 21.5. The zero-order valence-corrected chi connectivity index (χ0v) is 17.3. The molecule has 0 spiro atoms. The lowest BCUT2D eigenvalue weighted by molar-refractivity contribution is -0.244. The number of pyridine rings is 1. The maximum absolute atomic E-state index is 11.7. The molecule has 1 aliphatic rings. The van der Waals surface area contributed by atoms with E-state index >= 15 is 0 Å². The van der Waals surface area contributed by atoms with Gasteiger partial charge < -0.3 is 19.7 Å². The molecule has 8 heteroatoms. The Morgan fingerprint density at radius 1 is 1.28 bits per heavy atom. The monoisotopic (exact) mass is 420 g/mol. The minimum Gasteiger partial charge on any atom is -0.489 e. The number of ether oxygens (including phenoxy) is 2. The molecule has 1 aliphatic heterocycles. The van der Waals surface area contributed by atoms with E-state index in [9.17, 15) is 15.0 Å². The second-order valence-corrected chi connectivity index (χ2v) is 8.35. The molecule has 1 aromatic heterocycles. The molecule has 1 fully saturated rings. The highest BCUT2D eigenvalue weighted by atomic mass is 35.5. The molecule has 3 atom stereocenters. The van der Waals surface area contributed by atoms with Gasteiger partial charge in [0.05, 0.1) is 11.3 Å². The van der Waals surface area contributed by atoms with Crippen molar-refractivity contribution in [2.24, 2.45) is 0 Å². The van der Waals surface area contributed by atoms with Gasteiger partial charge in [-0.2, -0.15) is 0 Å². The number of rotatable bonds is 6. The predicted molar refractivity (Wildman–Crippen MR) is 109 cm³/mol. The SMILES string of the molecule is CC(C)(C)OC(O)N1C[C@H](Oc2cc(Cl)nc(-c3ccccc3)c2)C[C@H]1C(=O)O. The van der Waals surface area contributed by atoms with Crippen LogP contribution in [-0.2, 0) is 9.53 Å². The zero-order valence-electron chi connectivity index (χ0n) is 16.6. The lowest BCUT2D eigenvalue weighted by Crippen LogP contribution is -2.47. The van der Waals surface area contributed by atoms with Gasteiger partial charge >= 0.3 is 5.97 Å². The lowest BCUT2D eigenvalue weighted by atomic mass is 10.1. The van der Waals surface area contributed by atoms with Crippen LogP contribution in [0.5, 0.6) is 5.75 Å². The Hall–Kier alpha value is -2.19. The van der Waals surface area contributed by atoms with Crippen molar-refractivity contribution in [3.8, 4) is 17.0 Å². The summed E-state index contributed by atoms with van der Waals surface area (Å²) >= 11 is 6.16. The Labute approximate surface area is 174 Å². The van der Waals surface area contributed by atoms with Crippen LogP contribution in [0.1, 0.15) is 27.2 Å². The molecule has 156 valence electrons. The van der Waals surface area contributed by atoms with E-state index in [1.807, 2.05) is 30.3 Å². The van der Waals surface area contributed by atoms with Crippen molar-refractivity contribution in [1.29, 1.82) is 0 Å². The van der Waals surface area contributed by atoms with Crippen LogP contribution in [0.25, 0.3) is 11.3 Å². The van der Waals surface area contributed by atoms with Crippen molar-refractivity contribution >= 4 is 17.6 Å². The van der Waals surface area contributed by atoms with Crippen molar-refractivity contribution in [2.75, 3.05) is 6.54 Å². The van der Waals surface area contributed by atoms with Gasteiger partial charge in [0.25, 0.3) is 0 Å². The van der Waals surface area contributed by atoms with Crippen LogP contribution in [-0.4, -0.2) is 56.8 Å². The Morgan fingerprint density at radius 2 is 1.97 bits per heavy atom. The average molecular weight is 421 g/mol. The van der Waals surface area contributed by atoms with Crippen molar-refractivity contribution in [3.63, 3.8) is 0 Å². The summed E-state index contributed by atoms with van der Waals surface area (Å²) in [6.45, 7) is 5.58. The first-order valence-electron chi connectivity index (χ1n) is 9.36. The van der Waals surface area contributed by atoms with E-state index in [4.69, 9.17) is 21.1 Å². The van der Waals surface area contributed by atoms with Gasteiger partial charge in [-0.25, -0.2) is 9.88 Å². The predicted octanol–water partition coefficient (Wildman–Crippen LogP) is 3.40. The third-order valence-corrected chi connectivity index (χ3v) is 4.66. The van der Waals surface area contributed by atoms with Crippen molar-refractivity contribution in [3.05, 3.63) is 47.6 Å². The molecule has 7 nitrogen and oxygen atoms in total. The Balaban J connectivity index is 1.77. The van der Waals surface area contributed by atoms with Crippen LogP contribution < -0.4 is 4.74 Å². The van der Waals surface area contributed by atoms with E-state index in [0.29, 0.717) is 11.4 Å². The van der Waals surface area contributed by atoms with Gasteiger partial charge in [0, 0.05) is 30.7 Å². The number of carboxylic acids is 1. The number of benzene rings is 1. The van der Waals surface area contributed by atoms with Gasteiger partial charge in [-0.1, -0.05) is 41.9 Å². The summed E-state index contributed by atoms with van der Waals surface area (Å²) in [6, 6.07) is 12.0. The van der Waals surface area contributed by atoms with Gasteiger partial charge in [-0.15, -0.1) is 0 Å². The summed E-state index contributed by atoms with van der Waals surface area (Å²) in [7, 11) is 0. The Bertz CT molecular complexity index is 856. The van der Waals surface area contributed by atoms with Crippen LogP contribution in [0.4, 0.5) is 0 Å². The number of aromatic nitrogens is 1. The summed E-state index contributed by atoms with van der Waals surface area (Å²) in [5.74, 6) is -0.545. The standard InChI is InChI=1S/C21H25ClN2O5/c1-21(2,3)29-20(27)24-12-15(10-17(24)19(25)26)28-14-9-16(23-18(22)11-14)13-7-5-4-6-8-13/h4-9,11,15,17,20,27H,10,12H2,1-3H3,(H,25,26)/t15-,17+,20?/m1/s1. The van der Waals surface area contributed by atoms with E-state index in [2.05, 4.69) is 4.98 Å². The molecule has 0 bridgehead atoms. The second-order valence-electron chi connectivity index (χ2n) is 7.96. The van der Waals surface area contributed by atoms with Crippen LogP contribution >= 0.6 is 11.6 Å². The topological polar surface area (TPSA) is 92.1 Å². The van der Waals surface area contributed by atoms with Crippen LogP contribution in [0.2, 0.25) is 5.15 Å². The lowest BCUT2D eigenvalue weighted by Gasteiger charge is -2.31. The molecule has 0 saturated carbocycles. The summed E-state index contributed by atoms with van der Waals surface area (Å²) in [4.78, 5) is 17.4. The summed E-state index contributed by atoms with van der Waals surface area (Å²) in [5, 5.41) is 20.2. The molecule has 3 rings (SSSR count). The molecule has 0 aliphatic carbocycles. The van der Waals surface area contributed by atoms with E-state index in [1.165, 1.54) is 4.90 Å². The number of aliphatic hydroxyl groups excluding tert-OH is 1. The molecular weight excluding hydrogens is 396 g/mol. The number of carbonyl (C=O) groups is 1. The Kier molecular flexibility index (Phi) is 6.43. The first-order chi connectivity index (χ1) is 13.6. The van der Waals surface area contributed by atoms with Gasteiger partial charge in [0.15, 0.2) is 0 Å². The van der Waals surface area contributed by atoms with Crippen LogP contribution in [0, 0.1) is 0 Å². The fourth-order valence-corrected chi connectivity index (χ4v) is 3.47. The molecule has 0 amide bonds. The maximum atomic E-state index is 11.7. The van der Waals surface area contributed by atoms with Crippen molar-refractivity contribution < 1.29 is 24.5 Å². The van der Waals surface area contributed by atoms with Gasteiger partial charge in [-0.3, -0.25) is 4.79 Å². The molecule has 2 aromatic rings. The smallest absolute Gasteiger partial charge is 0.321 e. The summed E-state index contributed by atoms with van der Waals surface area (Å²) < 4.78 is 11.5. The number of likely N-dealkylation sites (tertiary alicyclic amines) is 1. The molecule has 29 heavy (non-hydrogen) atoms. The molecule has 2 heterocycles. The highest BCUT2D eigenvalue weighted by Crippen LogP contribution is 2.30. The first-order valence-corrected chi connectivity index (χ1v) is 9.74. The number of halogens is 1. The summed E-state index contributed by atoms with van der Waals surface area (Å²) in [6.07, 6.45) is -1.58. The normalized spacial score (nSPS) is 21.1. The molecule has 2 N–H and O–H groups in total. The van der Waals surface area contributed by atoms with Gasteiger partial charge in [-0.05, 0) is 20.8 Å². The Morgan fingerprint density at radius 3 is 2.59 bits per heavy atom. The fraction of sp³-hybridized carbons (Fsp3) is 0.429. The maximum Gasteiger partial charge on any atom is 0.321 e. The molecule has 1 saturated heterocycles. The number of carboxylic acid groups (broad SMARTS) is 1. The number of hydrogen-bond donors (Lipinski definition) is 2. The van der Waals surface area contributed by atoms with Gasteiger partial charge in [0.2, 0.25) is 6.41 Å². The zero-order chi connectivity index (χ0) is 21.2. The van der Waals surface area contributed by atoms with Gasteiger partial charge in [0.1, 0.15) is 23.0 Å². The fourth-order valence-electron chi connectivity index (χ4n) is 3.27. The van der Waals surface area contributed by atoms with Crippen LogP contribution in [0.15, 0.2) is 42.5 Å². The minimum atomic E-state index is -1.34. The van der Waals surface area contributed by atoms with E-state index < -0.39 is 30.1 Å². The average Bonchev–Trinajstić information content (AvgIpc) is 3.05. The summed E-state index contributed by atoms with van der Waals surface area (Å²) in [5.41, 5.74) is 0.934. The number of aliphatic carboxylic acids is 1. The third-order valence-electron chi connectivity index (χ3n) is 4.47. The van der Waals surface area contributed by atoms with E-state index in [0.717, 1.165) is 5.56 Å². The minimum absolute atomic E-state index is 0.203. The molecule has 1 aromatic carbocycles. The quantitative estimate of drug-likeness (QED) is 0.546. The molecule has 1 unspecified atom stereocenters. The number of nitrogens with zero attached hydrogens (tertiary/aromatic N) is 2. The highest BCUT2D eigenvalue weighted by Gasteiger charge is 2.42. The highest BCUT2D eigenvalue weighted by molar-refractivity contribution is 6.29.